The minimum absolute atomic E-state index is 0.179. The second-order valence-electron chi connectivity index (χ2n) is 19.5. The summed E-state index contributed by atoms with van der Waals surface area (Å²) in [6, 6.07) is 0. The van der Waals surface area contributed by atoms with Gasteiger partial charge in [-0.3, -0.25) is 9.59 Å². The van der Waals surface area contributed by atoms with E-state index in [1.807, 2.05) is 21.1 Å². The van der Waals surface area contributed by atoms with Crippen molar-refractivity contribution in [2.75, 3.05) is 47.5 Å². The molecule has 0 amide bonds. The Balaban J connectivity index is 4.21. The maximum atomic E-state index is 12.8. The highest BCUT2D eigenvalue weighted by atomic mass is 16.7. The van der Waals surface area contributed by atoms with Crippen LogP contribution in [0, 0.1) is 0 Å². The number of carboxylic acid groups (broad SMARTS) is 1. The van der Waals surface area contributed by atoms with Crippen LogP contribution >= 0.6 is 0 Å². The molecule has 0 spiro atoms. The lowest BCUT2D eigenvalue weighted by atomic mass is 10.0. The zero-order valence-electron chi connectivity index (χ0n) is 43.2. The summed E-state index contributed by atoms with van der Waals surface area (Å²) in [6.07, 6.45) is 53.6. The van der Waals surface area contributed by atoms with Gasteiger partial charge in [-0.2, -0.15) is 0 Å². The Morgan fingerprint density at radius 3 is 1.23 bits per heavy atom. The van der Waals surface area contributed by atoms with E-state index in [9.17, 15) is 19.5 Å². The number of unbranched alkanes of at least 4 members (excludes halogenated alkanes) is 29. The van der Waals surface area contributed by atoms with Gasteiger partial charge in [-0.1, -0.05) is 217 Å². The molecule has 0 aromatic heterocycles. The number of rotatable bonds is 50. The summed E-state index contributed by atoms with van der Waals surface area (Å²) in [4.78, 5) is 37.3. The van der Waals surface area contributed by atoms with Crippen LogP contribution in [0.15, 0.2) is 36.5 Å². The summed E-state index contributed by atoms with van der Waals surface area (Å²) < 4.78 is 22.8. The molecule has 0 saturated carbocycles. The molecule has 9 nitrogen and oxygen atoms in total. The lowest BCUT2D eigenvalue weighted by Crippen LogP contribution is -2.40. The molecule has 380 valence electrons. The molecule has 0 aromatic rings. The highest BCUT2D eigenvalue weighted by molar-refractivity contribution is 5.71. The van der Waals surface area contributed by atoms with Gasteiger partial charge in [0.05, 0.1) is 34.4 Å². The van der Waals surface area contributed by atoms with E-state index in [0.717, 1.165) is 51.4 Å². The second-order valence-corrected chi connectivity index (χ2v) is 19.5. The number of ether oxygens (including phenoxy) is 4. The smallest absolute Gasteiger partial charge is 0.361 e. The van der Waals surface area contributed by atoms with E-state index in [1.54, 1.807) is 0 Å². The number of hydrogen-bond donors (Lipinski definition) is 1. The van der Waals surface area contributed by atoms with Crippen molar-refractivity contribution >= 4 is 17.9 Å². The van der Waals surface area contributed by atoms with Crippen molar-refractivity contribution in [3.8, 4) is 0 Å². The second kappa shape index (κ2) is 48.0. The van der Waals surface area contributed by atoms with Gasteiger partial charge in [0, 0.05) is 12.8 Å². The van der Waals surface area contributed by atoms with Crippen molar-refractivity contribution in [3.63, 3.8) is 0 Å². The molecular formula is C56H104NO8+. The molecule has 0 saturated heterocycles. The molecule has 1 N–H and O–H groups in total. The SMILES string of the molecule is CCCCCCC/C=C\C/C=C\C/C=C\CCCCCCCCCCCCCCC(=O)OC(COC(=O)CCCCCCCCCCCCCCC)COC(OCC[N+](C)(C)C)C(=O)O. The predicted molar refractivity (Wildman–Crippen MR) is 272 cm³/mol. The van der Waals surface area contributed by atoms with Crippen molar-refractivity contribution in [3.05, 3.63) is 36.5 Å². The molecule has 0 heterocycles. The first-order chi connectivity index (χ1) is 31.6. The highest BCUT2D eigenvalue weighted by Gasteiger charge is 2.25. The molecule has 65 heavy (non-hydrogen) atoms. The Hall–Kier alpha value is -2.49. The average molecular weight is 919 g/mol. The molecule has 0 aliphatic carbocycles. The van der Waals surface area contributed by atoms with Gasteiger partial charge in [-0.15, -0.1) is 0 Å². The summed E-state index contributed by atoms with van der Waals surface area (Å²) in [5, 5.41) is 9.67. The first-order valence-electron chi connectivity index (χ1n) is 27.2. The molecule has 0 aromatic carbocycles. The van der Waals surface area contributed by atoms with Crippen LogP contribution in [0.5, 0.6) is 0 Å². The van der Waals surface area contributed by atoms with E-state index in [1.165, 1.54) is 167 Å². The maximum absolute atomic E-state index is 12.8. The van der Waals surface area contributed by atoms with Gasteiger partial charge in [0.2, 0.25) is 0 Å². The third-order valence-electron chi connectivity index (χ3n) is 11.9. The van der Waals surface area contributed by atoms with E-state index in [4.69, 9.17) is 18.9 Å². The third-order valence-corrected chi connectivity index (χ3v) is 11.9. The number of carbonyl (C=O) groups excluding carboxylic acids is 2. The fourth-order valence-corrected chi connectivity index (χ4v) is 7.67. The zero-order chi connectivity index (χ0) is 47.7. The molecule has 2 unspecified atom stereocenters. The Labute approximate surface area is 400 Å². The number of aliphatic carboxylic acids is 1. The molecule has 2 atom stereocenters. The fraction of sp³-hybridized carbons (Fsp3) is 0.839. The largest absolute Gasteiger partial charge is 0.477 e. The summed E-state index contributed by atoms with van der Waals surface area (Å²) in [5.74, 6) is -2.00. The van der Waals surface area contributed by atoms with Gasteiger partial charge >= 0.3 is 17.9 Å². The Kier molecular flexibility index (Phi) is 46.1. The van der Waals surface area contributed by atoms with Crippen molar-refractivity contribution < 1.29 is 42.9 Å². The first kappa shape index (κ1) is 62.5. The monoisotopic (exact) mass is 919 g/mol. The van der Waals surface area contributed by atoms with Crippen LogP contribution in [-0.2, 0) is 33.3 Å². The van der Waals surface area contributed by atoms with Crippen molar-refractivity contribution in [1.29, 1.82) is 0 Å². The standard InChI is InChI=1S/C56H103NO8/c1-6-8-10-12-14-16-18-20-21-22-23-24-25-26-27-28-29-30-31-32-33-35-37-39-41-43-45-47-54(59)65-52(51-64-56(55(60)61)62-49-48-57(3,4)5)50-63-53(58)46-44-42-40-38-36-34-19-17-15-13-11-9-7-2/h18,20,22-23,25-26,52,56H,6-17,19,21,24,27-51H2,1-5H3/p+1/b20-18-,23-22-,26-25-. The highest BCUT2D eigenvalue weighted by Crippen LogP contribution is 2.16. The van der Waals surface area contributed by atoms with Crippen LogP contribution in [0.25, 0.3) is 0 Å². The number of esters is 2. The van der Waals surface area contributed by atoms with Gasteiger partial charge in [0.25, 0.3) is 6.29 Å². The summed E-state index contributed by atoms with van der Waals surface area (Å²) >= 11 is 0. The number of hydrogen-bond acceptors (Lipinski definition) is 7. The normalized spacial score (nSPS) is 13.1. The molecule has 0 fully saturated rings. The van der Waals surface area contributed by atoms with E-state index in [-0.39, 0.29) is 32.2 Å². The summed E-state index contributed by atoms with van der Waals surface area (Å²) in [7, 11) is 5.97. The van der Waals surface area contributed by atoms with Gasteiger partial charge in [0.15, 0.2) is 6.10 Å². The quantitative estimate of drug-likeness (QED) is 0.0211. The minimum atomic E-state index is -1.51. The third kappa shape index (κ3) is 49.2. The molecule has 0 radical (unpaired) electrons. The molecule has 9 heteroatoms. The number of carbonyl (C=O) groups is 3. The van der Waals surface area contributed by atoms with Crippen molar-refractivity contribution in [2.24, 2.45) is 0 Å². The predicted octanol–water partition coefficient (Wildman–Crippen LogP) is 15.3. The molecular weight excluding hydrogens is 815 g/mol. The van der Waals surface area contributed by atoms with E-state index < -0.39 is 24.3 Å². The number of likely N-dealkylation sites (N-methyl/N-ethyl adjacent to an activating group) is 1. The van der Waals surface area contributed by atoms with Crippen LogP contribution in [-0.4, -0.2) is 87.4 Å². The van der Waals surface area contributed by atoms with E-state index in [0.29, 0.717) is 17.4 Å². The van der Waals surface area contributed by atoms with E-state index >= 15 is 0 Å². The van der Waals surface area contributed by atoms with Crippen LogP contribution in [0.3, 0.4) is 0 Å². The van der Waals surface area contributed by atoms with Gasteiger partial charge < -0.3 is 28.5 Å². The number of carboxylic acids is 1. The number of nitrogens with zero attached hydrogens (tertiary/aromatic N) is 1. The summed E-state index contributed by atoms with van der Waals surface area (Å²) in [5.41, 5.74) is 0. The van der Waals surface area contributed by atoms with Gasteiger partial charge in [-0.25, -0.2) is 4.79 Å². The molecule has 0 rings (SSSR count). The van der Waals surface area contributed by atoms with Crippen LogP contribution < -0.4 is 0 Å². The Morgan fingerprint density at radius 2 is 0.831 bits per heavy atom. The van der Waals surface area contributed by atoms with Crippen molar-refractivity contribution in [2.45, 2.75) is 257 Å². The molecule has 0 aliphatic rings. The number of allylic oxidation sites excluding steroid dienone is 6. The number of quaternary nitrogens is 1. The zero-order valence-corrected chi connectivity index (χ0v) is 43.2. The molecule has 0 aliphatic heterocycles. The van der Waals surface area contributed by atoms with Gasteiger partial charge in [-0.05, 0) is 51.4 Å². The van der Waals surface area contributed by atoms with Crippen molar-refractivity contribution in [1.82, 2.24) is 0 Å². The van der Waals surface area contributed by atoms with Crippen LogP contribution in [0.4, 0.5) is 0 Å². The Bertz CT molecular complexity index is 1160. The fourth-order valence-electron chi connectivity index (χ4n) is 7.67. The van der Waals surface area contributed by atoms with E-state index in [2.05, 4.69) is 50.3 Å². The first-order valence-corrected chi connectivity index (χ1v) is 27.2. The van der Waals surface area contributed by atoms with Crippen LogP contribution in [0.2, 0.25) is 0 Å². The Morgan fingerprint density at radius 1 is 0.462 bits per heavy atom. The lowest BCUT2D eigenvalue weighted by Gasteiger charge is -2.25. The molecule has 0 bridgehead atoms. The average Bonchev–Trinajstić information content (AvgIpc) is 3.27. The maximum Gasteiger partial charge on any atom is 0.361 e. The van der Waals surface area contributed by atoms with Crippen LogP contribution in [0.1, 0.15) is 245 Å². The minimum Gasteiger partial charge on any atom is -0.477 e. The topological polar surface area (TPSA) is 108 Å². The summed E-state index contributed by atoms with van der Waals surface area (Å²) in [6.45, 7) is 4.88. The van der Waals surface area contributed by atoms with Gasteiger partial charge in [0.1, 0.15) is 13.2 Å². The lowest BCUT2D eigenvalue weighted by molar-refractivity contribution is -0.870.